The normalized spacial score (nSPS) is 15.4. The molecule has 0 saturated heterocycles. The minimum atomic E-state index is -0.358. The van der Waals surface area contributed by atoms with Gasteiger partial charge in [0.05, 0.1) is 34.1 Å². The highest BCUT2D eigenvalue weighted by Crippen LogP contribution is 2.64. The minimum absolute atomic E-state index is 0.358. The van der Waals surface area contributed by atoms with Crippen LogP contribution in [0.4, 0.5) is 34.1 Å². The van der Waals surface area contributed by atoms with Gasteiger partial charge < -0.3 is 9.80 Å². The van der Waals surface area contributed by atoms with Crippen LogP contribution in [0, 0.1) is 0 Å². The summed E-state index contributed by atoms with van der Waals surface area (Å²) in [6.07, 6.45) is 0. The van der Waals surface area contributed by atoms with Crippen molar-refractivity contribution in [2.75, 3.05) is 9.80 Å². The maximum Gasteiger partial charge on any atom is 0.0544 e. The van der Waals surface area contributed by atoms with Crippen LogP contribution in [-0.2, 0) is 21.7 Å². The molecule has 0 bridgehead atoms. The lowest BCUT2D eigenvalue weighted by atomic mass is 9.65. The standard InChI is InChI=1S/C94H72N2/c1-91(2)77-49-63(73-33-17-25-59-21-9-13-29-69(59)73)41-45-85(77)95-86-46-42-64(74-34-18-26-60-22-10-14-30-70(60)74)50-78(86)92(3,4)82-54-67(53-81(91)89(82)95)57-37-39-58(40-38-57)68-55-83-90-84(56-68)94(7,8)80-52-66(76-36-20-28-62-24-12-16-32-72(62)76)44-48-88(80)96(90)87-47-43-65(51-79(87)93(83,5)6)75-35-19-27-61-23-11-15-31-71(61)75/h9-56H,1-8H3. The van der Waals surface area contributed by atoms with Gasteiger partial charge in [0, 0.05) is 21.7 Å². The number of rotatable bonds is 6. The van der Waals surface area contributed by atoms with Crippen LogP contribution in [-0.4, -0.2) is 0 Å². The van der Waals surface area contributed by atoms with E-state index in [1.165, 1.54) is 188 Å². The molecule has 0 radical (unpaired) electrons. The summed E-state index contributed by atoms with van der Waals surface area (Å²) >= 11 is 0. The van der Waals surface area contributed by atoms with Gasteiger partial charge in [-0.25, -0.2) is 0 Å². The molecule has 19 rings (SSSR count). The number of hydrogen-bond donors (Lipinski definition) is 0. The van der Waals surface area contributed by atoms with Crippen LogP contribution in [0.2, 0.25) is 0 Å². The Morgan fingerprint density at radius 2 is 0.396 bits per heavy atom. The molecule has 0 aromatic heterocycles. The van der Waals surface area contributed by atoms with E-state index in [1.807, 2.05) is 0 Å². The first-order valence-electron chi connectivity index (χ1n) is 34.2. The van der Waals surface area contributed by atoms with Crippen molar-refractivity contribution in [2.45, 2.75) is 77.0 Å². The number of hydrogen-bond acceptors (Lipinski definition) is 2. The predicted molar refractivity (Wildman–Crippen MR) is 407 cm³/mol. The minimum Gasteiger partial charge on any atom is -0.309 e. The lowest BCUT2D eigenvalue weighted by Crippen LogP contribution is -2.38. The first-order valence-corrected chi connectivity index (χ1v) is 34.2. The van der Waals surface area contributed by atoms with Crippen molar-refractivity contribution in [1.29, 1.82) is 0 Å². The molecule has 0 aliphatic carbocycles. The number of benzene rings is 15. The van der Waals surface area contributed by atoms with Gasteiger partial charge in [-0.05, 0) is 227 Å². The molecule has 0 atom stereocenters. The fourth-order valence-electron chi connectivity index (χ4n) is 17.7. The molecule has 0 spiro atoms. The van der Waals surface area contributed by atoms with Gasteiger partial charge in [-0.15, -0.1) is 0 Å². The fourth-order valence-corrected chi connectivity index (χ4v) is 17.7. The number of fused-ring (bicyclic) bond motifs is 12. The van der Waals surface area contributed by atoms with Gasteiger partial charge in [-0.3, -0.25) is 0 Å². The first kappa shape index (κ1) is 56.5. The van der Waals surface area contributed by atoms with Crippen LogP contribution < -0.4 is 9.80 Å². The molecule has 4 aliphatic heterocycles. The molecule has 4 heterocycles. The average Bonchev–Trinajstić information content (AvgIpc) is 0.691. The number of anilines is 6. The van der Waals surface area contributed by atoms with Crippen molar-refractivity contribution >= 4 is 77.2 Å². The third-order valence-corrected chi connectivity index (χ3v) is 23.0. The van der Waals surface area contributed by atoms with Gasteiger partial charge >= 0.3 is 0 Å². The Hall–Kier alpha value is -11.1. The molecule has 0 unspecified atom stereocenters. The van der Waals surface area contributed by atoms with Crippen molar-refractivity contribution in [1.82, 2.24) is 0 Å². The molecule has 0 amide bonds. The zero-order valence-electron chi connectivity index (χ0n) is 55.6. The van der Waals surface area contributed by atoms with E-state index in [1.54, 1.807) is 0 Å². The average molecular weight is 1230 g/mol. The maximum absolute atomic E-state index is 2.62. The third-order valence-electron chi connectivity index (χ3n) is 23.0. The van der Waals surface area contributed by atoms with Crippen molar-refractivity contribution < 1.29 is 0 Å². The van der Waals surface area contributed by atoms with Crippen LogP contribution in [0.5, 0.6) is 0 Å². The molecule has 2 nitrogen and oxygen atoms in total. The van der Waals surface area contributed by atoms with Crippen molar-refractivity contribution in [2.24, 2.45) is 0 Å². The molecule has 0 fully saturated rings. The van der Waals surface area contributed by atoms with Gasteiger partial charge in [0.25, 0.3) is 0 Å². The van der Waals surface area contributed by atoms with Crippen molar-refractivity contribution in [3.8, 4) is 66.8 Å². The maximum atomic E-state index is 2.62. The third kappa shape index (κ3) is 8.05. The monoisotopic (exact) mass is 1230 g/mol. The first-order chi connectivity index (χ1) is 46.6. The summed E-state index contributed by atoms with van der Waals surface area (Å²) in [7, 11) is 0. The second-order valence-electron chi connectivity index (χ2n) is 29.6. The van der Waals surface area contributed by atoms with Gasteiger partial charge in [0.2, 0.25) is 0 Å². The summed E-state index contributed by atoms with van der Waals surface area (Å²) in [5, 5.41) is 10.1. The summed E-state index contributed by atoms with van der Waals surface area (Å²) in [5.41, 5.74) is 31.6. The van der Waals surface area contributed by atoms with Crippen molar-refractivity contribution in [3.63, 3.8) is 0 Å². The molecule has 4 aliphatic rings. The second kappa shape index (κ2) is 20.2. The van der Waals surface area contributed by atoms with Crippen LogP contribution in [0.3, 0.4) is 0 Å². The topological polar surface area (TPSA) is 6.48 Å². The zero-order chi connectivity index (χ0) is 64.7. The molecule has 15 aromatic rings. The number of nitrogens with zero attached hydrogens (tertiary/aromatic N) is 2. The smallest absolute Gasteiger partial charge is 0.0544 e. The Bertz CT molecular complexity index is 5140. The summed E-state index contributed by atoms with van der Waals surface area (Å²) < 4.78 is 0. The summed E-state index contributed by atoms with van der Waals surface area (Å²) in [4.78, 5) is 5.24. The summed E-state index contributed by atoms with van der Waals surface area (Å²) in [6, 6.07) is 111. The van der Waals surface area contributed by atoms with Gasteiger partial charge in [-0.1, -0.05) is 274 Å². The molecule has 458 valence electrons. The SMILES string of the molecule is CC1(C)c2cc(-c3cccc4ccccc34)ccc2N2c3ccc(-c4cccc5ccccc45)cc3C(C)(C)c3cc(-c4ccc(-c5cc6c7c(c5)C(C)(C)c5cc(-c8cccc9ccccc89)ccc5N7c5ccc(-c7cccc8ccccc78)cc5C6(C)C)cc4)cc1c32. The lowest BCUT2D eigenvalue weighted by molar-refractivity contribution is 0.597. The van der Waals surface area contributed by atoms with Crippen LogP contribution >= 0.6 is 0 Å². The fraction of sp³-hybridized carbons (Fsp3) is 0.128. The highest BCUT2D eigenvalue weighted by atomic mass is 15.2. The van der Waals surface area contributed by atoms with Gasteiger partial charge in [-0.2, -0.15) is 0 Å². The molecular weight excluding hydrogens is 1160 g/mol. The van der Waals surface area contributed by atoms with E-state index < -0.39 is 0 Å². The molecule has 15 aromatic carbocycles. The van der Waals surface area contributed by atoms with Crippen LogP contribution in [0.25, 0.3) is 110 Å². The Kier molecular flexibility index (Phi) is 11.9. The van der Waals surface area contributed by atoms with E-state index in [4.69, 9.17) is 0 Å². The van der Waals surface area contributed by atoms with Gasteiger partial charge in [0.1, 0.15) is 0 Å². The summed E-state index contributed by atoms with van der Waals surface area (Å²) in [5.74, 6) is 0. The van der Waals surface area contributed by atoms with E-state index in [9.17, 15) is 0 Å². The summed E-state index contributed by atoms with van der Waals surface area (Å²) in [6.45, 7) is 19.7. The molecular formula is C94H72N2. The van der Waals surface area contributed by atoms with Crippen molar-refractivity contribution in [3.05, 3.63) is 336 Å². The quantitative estimate of drug-likeness (QED) is 0.164. The van der Waals surface area contributed by atoms with E-state index in [2.05, 4.69) is 356 Å². The molecule has 0 saturated carbocycles. The largest absolute Gasteiger partial charge is 0.309 e. The molecule has 96 heavy (non-hydrogen) atoms. The zero-order valence-corrected chi connectivity index (χ0v) is 55.6. The Balaban J connectivity index is 0.778. The van der Waals surface area contributed by atoms with Crippen LogP contribution in [0.15, 0.2) is 291 Å². The highest BCUT2D eigenvalue weighted by Gasteiger charge is 2.48. The van der Waals surface area contributed by atoms with E-state index in [0.29, 0.717) is 0 Å². The Morgan fingerprint density at radius 1 is 0.188 bits per heavy atom. The highest BCUT2D eigenvalue weighted by molar-refractivity contribution is 6.04. The lowest BCUT2D eigenvalue weighted by Gasteiger charge is -2.50. The van der Waals surface area contributed by atoms with Gasteiger partial charge in [0.15, 0.2) is 0 Å². The van der Waals surface area contributed by atoms with E-state index >= 15 is 0 Å². The van der Waals surface area contributed by atoms with E-state index in [0.717, 1.165) is 0 Å². The predicted octanol–water partition coefficient (Wildman–Crippen LogP) is 25.8. The Labute approximate surface area is 563 Å². The molecule has 2 heteroatoms. The van der Waals surface area contributed by atoms with Crippen LogP contribution in [0.1, 0.15) is 99.9 Å². The molecule has 0 N–H and O–H groups in total. The second-order valence-corrected chi connectivity index (χ2v) is 29.6. The Morgan fingerprint density at radius 3 is 0.646 bits per heavy atom. The van der Waals surface area contributed by atoms with E-state index in [-0.39, 0.29) is 21.7 Å².